The van der Waals surface area contributed by atoms with Gasteiger partial charge in [-0.25, -0.2) is 17.8 Å². The molecule has 2 aromatic carbocycles. The number of amides is 1. The number of thiazole rings is 1. The Bertz CT molecular complexity index is 1130. The fourth-order valence-corrected chi connectivity index (χ4v) is 4.35. The Balaban J connectivity index is 1.68. The number of aryl methyl sites for hydroxylation is 1. The number of halogens is 1. The molecule has 3 rings (SSSR count). The van der Waals surface area contributed by atoms with E-state index in [1.165, 1.54) is 23.5 Å². The van der Waals surface area contributed by atoms with E-state index in [1.54, 1.807) is 36.4 Å². The first-order chi connectivity index (χ1) is 13.7. The molecule has 1 amide bonds. The van der Waals surface area contributed by atoms with Gasteiger partial charge in [0.2, 0.25) is 15.9 Å². The number of para-hydroxylation sites is 1. The van der Waals surface area contributed by atoms with Crippen LogP contribution in [0.15, 0.2) is 48.5 Å². The van der Waals surface area contributed by atoms with Crippen LogP contribution >= 0.6 is 11.3 Å². The van der Waals surface area contributed by atoms with Crippen molar-refractivity contribution in [2.45, 2.75) is 19.8 Å². The highest BCUT2D eigenvalue weighted by molar-refractivity contribution is 7.92. The number of sulfonamides is 1. The third kappa shape index (κ3) is 6.10. The molecule has 2 N–H and O–H groups in total. The molecule has 152 valence electrons. The summed E-state index contributed by atoms with van der Waals surface area (Å²) in [7, 11) is -3.44. The molecule has 0 atom stereocenters. The summed E-state index contributed by atoms with van der Waals surface area (Å²) in [6, 6.07) is 13.0. The van der Waals surface area contributed by atoms with Crippen molar-refractivity contribution in [3.05, 3.63) is 76.0 Å². The predicted octanol–water partition coefficient (Wildman–Crippen LogP) is 3.73. The van der Waals surface area contributed by atoms with Gasteiger partial charge in [0, 0.05) is 11.3 Å². The summed E-state index contributed by atoms with van der Waals surface area (Å²) in [5, 5.41) is 3.24. The molecule has 29 heavy (non-hydrogen) atoms. The maximum absolute atomic E-state index is 13.1. The third-order valence-electron chi connectivity index (χ3n) is 4.08. The second kappa shape index (κ2) is 8.71. The number of carbonyl (C=O) groups is 1. The number of hydrogen-bond donors (Lipinski definition) is 2. The van der Waals surface area contributed by atoms with Gasteiger partial charge in [0.05, 0.1) is 24.1 Å². The molecule has 9 heteroatoms. The number of hydrogen-bond acceptors (Lipinski definition) is 5. The molecule has 0 radical (unpaired) electrons. The van der Waals surface area contributed by atoms with Gasteiger partial charge in [-0.2, -0.15) is 0 Å². The summed E-state index contributed by atoms with van der Waals surface area (Å²) in [5.41, 5.74) is 2.69. The summed E-state index contributed by atoms with van der Waals surface area (Å²) in [6.45, 7) is 1.86. The van der Waals surface area contributed by atoms with Crippen LogP contribution in [-0.4, -0.2) is 25.6 Å². The molecule has 0 aliphatic heterocycles. The van der Waals surface area contributed by atoms with E-state index in [0.29, 0.717) is 22.8 Å². The minimum Gasteiger partial charge on any atom is -0.302 e. The van der Waals surface area contributed by atoms with E-state index in [1.807, 2.05) is 6.92 Å². The van der Waals surface area contributed by atoms with Crippen molar-refractivity contribution in [1.29, 1.82) is 0 Å². The molecule has 1 heterocycles. The Morgan fingerprint density at radius 3 is 2.52 bits per heavy atom. The van der Waals surface area contributed by atoms with Crippen LogP contribution in [0.1, 0.15) is 21.7 Å². The van der Waals surface area contributed by atoms with Crippen molar-refractivity contribution in [3.8, 4) is 0 Å². The van der Waals surface area contributed by atoms with Crippen molar-refractivity contribution < 1.29 is 17.6 Å². The highest BCUT2D eigenvalue weighted by Crippen LogP contribution is 2.26. The van der Waals surface area contributed by atoms with Crippen molar-refractivity contribution in [2.24, 2.45) is 0 Å². The van der Waals surface area contributed by atoms with Gasteiger partial charge < -0.3 is 5.32 Å². The quantitative estimate of drug-likeness (QED) is 0.594. The lowest BCUT2D eigenvalue weighted by Gasteiger charge is -2.10. The first-order valence-electron chi connectivity index (χ1n) is 8.76. The molecule has 0 bridgehead atoms. The number of benzene rings is 2. The van der Waals surface area contributed by atoms with Gasteiger partial charge in [-0.1, -0.05) is 30.3 Å². The van der Waals surface area contributed by atoms with Gasteiger partial charge in [0.15, 0.2) is 5.13 Å². The summed E-state index contributed by atoms with van der Waals surface area (Å²) in [4.78, 5) is 17.8. The van der Waals surface area contributed by atoms with Crippen molar-refractivity contribution in [1.82, 2.24) is 4.98 Å². The molecule has 6 nitrogen and oxygen atoms in total. The topological polar surface area (TPSA) is 88.2 Å². The fourth-order valence-electron chi connectivity index (χ4n) is 2.74. The Morgan fingerprint density at radius 2 is 1.83 bits per heavy atom. The Labute approximate surface area is 172 Å². The summed E-state index contributed by atoms with van der Waals surface area (Å²) in [6.07, 6.45) is 1.66. The van der Waals surface area contributed by atoms with E-state index in [0.717, 1.165) is 22.4 Å². The molecule has 0 aliphatic rings. The fraction of sp³-hybridized carbons (Fsp3) is 0.200. The molecule has 0 saturated heterocycles. The molecule has 0 spiro atoms. The molecule has 0 unspecified atom stereocenters. The molecule has 3 aromatic rings. The monoisotopic (exact) mass is 433 g/mol. The van der Waals surface area contributed by atoms with Crippen LogP contribution in [0.5, 0.6) is 0 Å². The summed E-state index contributed by atoms with van der Waals surface area (Å²) >= 11 is 1.36. The van der Waals surface area contributed by atoms with E-state index >= 15 is 0 Å². The maximum atomic E-state index is 13.1. The van der Waals surface area contributed by atoms with Gasteiger partial charge >= 0.3 is 0 Å². The Morgan fingerprint density at radius 1 is 1.14 bits per heavy atom. The number of carbonyl (C=O) groups excluding carboxylic acids is 1. The van der Waals surface area contributed by atoms with E-state index < -0.39 is 10.0 Å². The van der Waals surface area contributed by atoms with Gasteiger partial charge in [-0.05, 0) is 36.2 Å². The van der Waals surface area contributed by atoms with Gasteiger partial charge in [-0.15, -0.1) is 11.3 Å². The standard InChI is InChI=1S/C20H20FN3O3S2/c1-13-18(11-14-7-9-16(21)10-8-14)28-20(22-13)23-19(25)12-15-5-3-4-6-17(15)24-29(2,26)27/h3-10,24H,11-12H2,1-2H3,(H,22,23,25). The third-order valence-corrected chi connectivity index (χ3v) is 5.74. The van der Waals surface area contributed by atoms with Crippen molar-refractivity contribution in [2.75, 3.05) is 16.3 Å². The van der Waals surface area contributed by atoms with E-state index in [9.17, 15) is 17.6 Å². The number of anilines is 2. The second-order valence-corrected chi connectivity index (χ2v) is 9.42. The van der Waals surface area contributed by atoms with Gasteiger partial charge in [0.25, 0.3) is 0 Å². The molecule has 0 saturated carbocycles. The lowest BCUT2D eigenvalue weighted by molar-refractivity contribution is -0.115. The predicted molar refractivity (Wildman–Crippen MR) is 113 cm³/mol. The number of nitrogens with one attached hydrogen (secondary N) is 2. The lowest BCUT2D eigenvalue weighted by Crippen LogP contribution is -2.17. The molecule has 0 fully saturated rings. The molecule has 0 aliphatic carbocycles. The second-order valence-electron chi connectivity index (χ2n) is 6.59. The summed E-state index contributed by atoms with van der Waals surface area (Å²) < 4.78 is 38.5. The van der Waals surface area contributed by atoms with E-state index in [2.05, 4.69) is 15.0 Å². The molecule has 1 aromatic heterocycles. The smallest absolute Gasteiger partial charge is 0.230 e. The zero-order valence-electron chi connectivity index (χ0n) is 15.9. The molecular weight excluding hydrogens is 413 g/mol. The van der Waals surface area contributed by atoms with E-state index in [4.69, 9.17) is 0 Å². The van der Waals surface area contributed by atoms with Crippen LogP contribution < -0.4 is 10.0 Å². The van der Waals surface area contributed by atoms with Crippen molar-refractivity contribution >= 4 is 38.1 Å². The highest BCUT2D eigenvalue weighted by atomic mass is 32.2. The van der Waals surface area contributed by atoms with Crippen LogP contribution in [0, 0.1) is 12.7 Å². The first kappa shape index (κ1) is 20.9. The van der Waals surface area contributed by atoms with Crippen LogP contribution in [0.25, 0.3) is 0 Å². The Kier molecular flexibility index (Phi) is 6.29. The van der Waals surface area contributed by atoms with Crippen LogP contribution in [-0.2, 0) is 27.7 Å². The number of aromatic nitrogens is 1. The summed E-state index contributed by atoms with van der Waals surface area (Å²) in [5.74, 6) is -0.580. The van der Waals surface area contributed by atoms with Crippen LogP contribution in [0.2, 0.25) is 0 Å². The van der Waals surface area contributed by atoms with Gasteiger partial charge in [-0.3, -0.25) is 9.52 Å². The minimum atomic E-state index is -3.44. The number of rotatable bonds is 7. The SMILES string of the molecule is Cc1nc(NC(=O)Cc2ccccc2NS(C)(=O)=O)sc1Cc1ccc(F)cc1. The maximum Gasteiger partial charge on any atom is 0.230 e. The molecular formula is C20H20FN3O3S2. The highest BCUT2D eigenvalue weighted by Gasteiger charge is 2.14. The average Bonchev–Trinajstić information content (AvgIpc) is 2.96. The van der Waals surface area contributed by atoms with Crippen LogP contribution in [0.3, 0.4) is 0 Å². The largest absolute Gasteiger partial charge is 0.302 e. The van der Waals surface area contributed by atoms with Crippen LogP contribution in [0.4, 0.5) is 15.2 Å². The zero-order valence-corrected chi connectivity index (χ0v) is 17.5. The average molecular weight is 434 g/mol. The minimum absolute atomic E-state index is 0.00458. The van der Waals surface area contributed by atoms with Crippen molar-refractivity contribution in [3.63, 3.8) is 0 Å². The van der Waals surface area contributed by atoms with Gasteiger partial charge in [0.1, 0.15) is 5.82 Å². The Hall–Kier alpha value is -2.78. The normalized spacial score (nSPS) is 11.3. The lowest BCUT2D eigenvalue weighted by atomic mass is 10.1. The van der Waals surface area contributed by atoms with E-state index in [-0.39, 0.29) is 18.1 Å². The first-order valence-corrected chi connectivity index (χ1v) is 11.5. The number of nitrogens with zero attached hydrogens (tertiary/aromatic N) is 1. The zero-order chi connectivity index (χ0) is 21.0.